The molecular weight excluding hydrogens is 571 g/mol. The Balaban J connectivity index is 1.44. The number of fused-ring (bicyclic) bond motifs is 2. The summed E-state index contributed by atoms with van der Waals surface area (Å²) in [6.45, 7) is 7.27. The van der Waals surface area contributed by atoms with Gasteiger partial charge in [0, 0.05) is 43.8 Å². The van der Waals surface area contributed by atoms with Crippen molar-refractivity contribution in [3.63, 3.8) is 0 Å². The molecule has 3 atom stereocenters. The minimum atomic E-state index is -4.57. The lowest BCUT2D eigenvalue weighted by atomic mass is 9.62. The average Bonchev–Trinajstić information content (AvgIpc) is 3.57. The quantitative estimate of drug-likeness (QED) is 0.376. The van der Waals surface area contributed by atoms with E-state index in [1.54, 1.807) is 12.3 Å². The van der Waals surface area contributed by atoms with E-state index in [4.69, 9.17) is 14.5 Å². The molecule has 6 rings (SSSR count). The van der Waals surface area contributed by atoms with Crippen LogP contribution in [0.25, 0.3) is 11.3 Å². The first-order valence-corrected chi connectivity index (χ1v) is 15.3. The molecule has 44 heavy (non-hydrogen) atoms. The lowest BCUT2D eigenvalue weighted by molar-refractivity contribution is -0.138. The van der Waals surface area contributed by atoms with Crippen LogP contribution in [0.4, 0.5) is 18.9 Å². The molecule has 1 N–H and O–H groups in total. The number of hydrogen-bond donors (Lipinski definition) is 1. The summed E-state index contributed by atoms with van der Waals surface area (Å²) in [6.07, 6.45) is -0.758. The maximum absolute atomic E-state index is 14.3. The van der Waals surface area contributed by atoms with Crippen molar-refractivity contribution in [3.8, 4) is 22.9 Å². The Labute approximate surface area is 255 Å². The first kappa shape index (κ1) is 30.2. The van der Waals surface area contributed by atoms with Crippen molar-refractivity contribution in [2.75, 3.05) is 51.3 Å². The van der Waals surface area contributed by atoms with Gasteiger partial charge in [-0.2, -0.15) is 13.2 Å². The number of halogens is 3. The molecule has 0 aliphatic carbocycles. The first-order valence-electron chi connectivity index (χ1n) is 15.3. The molecule has 5 heterocycles. The van der Waals surface area contributed by atoms with Gasteiger partial charge in [-0.25, -0.2) is 9.97 Å². The van der Waals surface area contributed by atoms with Gasteiger partial charge >= 0.3 is 6.18 Å². The summed E-state index contributed by atoms with van der Waals surface area (Å²) in [6, 6.07) is 12.1. The number of nitrogens with one attached hydrogen (secondary N) is 1. The Morgan fingerprint density at radius 1 is 1.14 bits per heavy atom. The molecule has 8 nitrogen and oxygen atoms in total. The number of alkyl halides is 3. The second-order valence-corrected chi connectivity index (χ2v) is 11.8. The molecule has 2 aromatic heterocycles. The number of ether oxygens (including phenoxy) is 2. The molecule has 3 aliphatic rings. The number of anilines is 1. The Morgan fingerprint density at radius 3 is 2.68 bits per heavy atom. The Morgan fingerprint density at radius 2 is 1.98 bits per heavy atom. The fourth-order valence-electron chi connectivity index (χ4n) is 7.42. The van der Waals surface area contributed by atoms with Crippen LogP contribution >= 0.6 is 0 Å². The zero-order chi connectivity index (χ0) is 31.1. The third-order valence-electron chi connectivity index (χ3n) is 9.54. The predicted molar refractivity (Wildman–Crippen MR) is 161 cm³/mol. The standard InChI is InChI=1S/C33H38F3N5O3/c1-4-21-19-40(26-9-6-10-27(43-3)28(26)33(34,35)36)17-14-32(21)20-41(22-13-16-37-18-22)31(42)29-24(32)11-12-25(39-29)23-8-7-15-38-30(23)44-5-2/h6-12,15,21-22,37H,4-5,13-14,16-20H2,1-3H3. The molecule has 0 radical (unpaired) electrons. The highest BCUT2D eigenvalue weighted by Gasteiger charge is 2.52. The van der Waals surface area contributed by atoms with Crippen molar-refractivity contribution < 1.29 is 27.4 Å². The molecular formula is C33H38F3N5O3. The monoisotopic (exact) mass is 609 g/mol. The minimum Gasteiger partial charge on any atom is -0.496 e. The number of methoxy groups -OCH3 is 1. The zero-order valence-corrected chi connectivity index (χ0v) is 25.3. The van der Waals surface area contributed by atoms with Crippen LogP contribution in [0.15, 0.2) is 48.7 Å². The van der Waals surface area contributed by atoms with Gasteiger partial charge < -0.3 is 24.6 Å². The Kier molecular flexibility index (Phi) is 8.17. The first-order chi connectivity index (χ1) is 21.2. The molecule has 1 aromatic carbocycles. The number of carbonyl (C=O) groups excluding carboxylic acids is 1. The van der Waals surface area contributed by atoms with E-state index in [1.165, 1.54) is 19.2 Å². The minimum absolute atomic E-state index is 0.0288. The maximum atomic E-state index is 14.3. The number of carbonyl (C=O) groups is 1. The highest BCUT2D eigenvalue weighted by atomic mass is 19.4. The van der Waals surface area contributed by atoms with E-state index in [-0.39, 0.29) is 29.3 Å². The van der Waals surface area contributed by atoms with Crippen molar-refractivity contribution in [2.45, 2.75) is 50.7 Å². The molecule has 3 aliphatic heterocycles. The van der Waals surface area contributed by atoms with Gasteiger partial charge in [0.15, 0.2) is 0 Å². The molecule has 3 unspecified atom stereocenters. The van der Waals surface area contributed by atoms with Crippen LogP contribution in [0.3, 0.4) is 0 Å². The summed E-state index contributed by atoms with van der Waals surface area (Å²) in [5.41, 5.74) is 1.52. The number of rotatable bonds is 7. The SMILES string of the molecule is CCOc1ncccc1-c1ccc2c(n1)C(=O)N(C1CCNC1)CC21CCN(c2cccc(OC)c2C(F)(F)F)CC1CC. The van der Waals surface area contributed by atoms with Gasteiger partial charge in [0.25, 0.3) is 5.91 Å². The molecule has 0 bridgehead atoms. The molecule has 1 spiro atoms. The van der Waals surface area contributed by atoms with Crippen LogP contribution in [-0.4, -0.2) is 73.3 Å². The van der Waals surface area contributed by atoms with Crippen LogP contribution in [0.2, 0.25) is 0 Å². The van der Waals surface area contributed by atoms with Crippen LogP contribution in [0, 0.1) is 5.92 Å². The van der Waals surface area contributed by atoms with Crippen LogP contribution < -0.4 is 19.7 Å². The van der Waals surface area contributed by atoms with Gasteiger partial charge in [-0.1, -0.05) is 25.5 Å². The lowest BCUT2D eigenvalue weighted by Crippen LogP contribution is -2.61. The Hall–Kier alpha value is -3.86. The summed E-state index contributed by atoms with van der Waals surface area (Å²) in [5.74, 6) is 0.135. The van der Waals surface area contributed by atoms with Crippen LogP contribution in [0.1, 0.15) is 54.7 Å². The van der Waals surface area contributed by atoms with E-state index in [0.29, 0.717) is 62.0 Å². The van der Waals surface area contributed by atoms with Crippen LogP contribution in [-0.2, 0) is 11.6 Å². The summed E-state index contributed by atoms with van der Waals surface area (Å²) in [4.78, 5) is 27.3. The van der Waals surface area contributed by atoms with Gasteiger partial charge in [0.2, 0.25) is 5.88 Å². The summed E-state index contributed by atoms with van der Waals surface area (Å²) < 4.78 is 53.9. The van der Waals surface area contributed by atoms with Gasteiger partial charge in [-0.3, -0.25) is 4.79 Å². The molecule has 2 fully saturated rings. The predicted octanol–water partition coefficient (Wildman–Crippen LogP) is 5.56. The number of nitrogens with zero attached hydrogens (tertiary/aromatic N) is 4. The summed E-state index contributed by atoms with van der Waals surface area (Å²) >= 11 is 0. The van der Waals surface area contributed by atoms with Crippen molar-refractivity contribution in [2.24, 2.45) is 5.92 Å². The second-order valence-electron chi connectivity index (χ2n) is 11.8. The average molecular weight is 610 g/mol. The van der Waals surface area contributed by atoms with E-state index in [1.807, 2.05) is 41.0 Å². The molecule has 1 amide bonds. The van der Waals surface area contributed by atoms with E-state index in [2.05, 4.69) is 17.2 Å². The van der Waals surface area contributed by atoms with Gasteiger partial charge in [-0.15, -0.1) is 0 Å². The molecule has 2 saturated heterocycles. The summed E-state index contributed by atoms with van der Waals surface area (Å²) in [5, 5.41) is 3.38. The van der Waals surface area contributed by atoms with Crippen molar-refractivity contribution in [1.29, 1.82) is 0 Å². The second kappa shape index (κ2) is 11.9. The number of benzene rings is 1. The van der Waals surface area contributed by atoms with Crippen molar-refractivity contribution in [1.82, 2.24) is 20.2 Å². The van der Waals surface area contributed by atoms with Gasteiger partial charge in [0.05, 0.1) is 30.7 Å². The van der Waals surface area contributed by atoms with E-state index < -0.39 is 17.2 Å². The molecule has 0 saturated carbocycles. The third-order valence-corrected chi connectivity index (χ3v) is 9.54. The molecule has 234 valence electrons. The van der Waals surface area contributed by atoms with Crippen LogP contribution in [0.5, 0.6) is 11.6 Å². The number of amides is 1. The normalized spacial score (nSPS) is 23.6. The van der Waals surface area contributed by atoms with E-state index >= 15 is 0 Å². The smallest absolute Gasteiger partial charge is 0.421 e. The lowest BCUT2D eigenvalue weighted by Gasteiger charge is -2.54. The maximum Gasteiger partial charge on any atom is 0.421 e. The van der Waals surface area contributed by atoms with Gasteiger partial charge in [0.1, 0.15) is 17.0 Å². The number of hydrogen-bond acceptors (Lipinski definition) is 7. The number of aromatic nitrogens is 2. The van der Waals surface area contributed by atoms with Crippen molar-refractivity contribution in [3.05, 3.63) is 65.5 Å². The summed E-state index contributed by atoms with van der Waals surface area (Å²) in [7, 11) is 1.26. The van der Waals surface area contributed by atoms with E-state index in [0.717, 1.165) is 24.9 Å². The van der Waals surface area contributed by atoms with E-state index in [9.17, 15) is 18.0 Å². The topological polar surface area (TPSA) is 79.8 Å². The van der Waals surface area contributed by atoms with Gasteiger partial charge in [-0.05, 0) is 68.1 Å². The Bertz CT molecular complexity index is 1530. The third kappa shape index (κ3) is 5.14. The largest absolute Gasteiger partial charge is 0.496 e. The highest BCUT2D eigenvalue weighted by molar-refractivity contribution is 5.96. The number of piperidine rings is 1. The van der Waals surface area contributed by atoms with Crippen molar-refractivity contribution >= 4 is 11.6 Å². The fraction of sp³-hybridized carbons (Fsp3) is 0.485. The molecule has 3 aromatic rings. The zero-order valence-electron chi connectivity index (χ0n) is 25.3. The molecule has 11 heteroatoms. The number of pyridine rings is 2. The fourth-order valence-corrected chi connectivity index (χ4v) is 7.42. The highest BCUT2D eigenvalue weighted by Crippen LogP contribution is 2.50.